The van der Waals surface area contributed by atoms with Gasteiger partial charge in [0.1, 0.15) is 0 Å². The van der Waals surface area contributed by atoms with Crippen LogP contribution in [0, 0.1) is 5.92 Å². The molecule has 3 N–H and O–H groups in total. The van der Waals surface area contributed by atoms with Gasteiger partial charge >= 0.3 is 0 Å². The van der Waals surface area contributed by atoms with Gasteiger partial charge in [0.15, 0.2) is 0 Å². The first-order chi connectivity index (χ1) is 12.7. The molecule has 4 nitrogen and oxygen atoms in total. The number of nitrogens with two attached hydrogens (primary N) is 1. The number of carbonyl (C=O) groups is 1. The zero-order valence-corrected chi connectivity index (χ0v) is 15.5. The molecule has 1 aliphatic heterocycles. The zero-order chi connectivity index (χ0) is 18.4. The third kappa shape index (κ3) is 4.93. The van der Waals surface area contributed by atoms with Crippen molar-refractivity contribution in [1.82, 2.24) is 4.90 Å². The lowest BCUT2D eigenvalue weighted by molar-refractivity contribution is -0.121. The van der Waals surface area contributed by atoms with E-state index < -0.39 is 0 Å². The third-order valence-electron chi connectivity index (χ3n) is 5.40. The maximum atomic E-state index is 12.6. The summed E-state index contributed by atoms with van der Waals surface area (Å²) in [6.07, 6.45) is 3.44. The molecule has 2 aromatic carbocycles. The summed E-state index contributed by atoms with van der Waals surface area (Å²) in [6.45, 7) is 4.49. The Hall–Kier alpha value is -2.17. The van der Waals surface area contributed by atoms with Gasteiger partial charge in [-0.2, -0.15) is 0 Å². The number of piperidine rings is 1. The van der Waals surface area contributed by atoms with Crippen LogP contribution in [0.4, 0.5) is 5.69 Å². The molecule has 138 valence electrons. The number of anilines is 1. The second kappa shape index (κ2) is 8.97. The van der Waals surface area contributed by atoms with Crippen LogP contribution in [0.2, 0.25) is 0 Å². The van der Waals surface area contributed by atoms with Gasteiger partial charge in [0, 0.05) is 12.2 Å². The molecule has 1 heterocycles. The predicted octanol–water partition coefficient (Wildman–Crippen LogP) is 3.43. The minimum Gasteiger partial charge on any atom is -0.326 e. The van der Waals surface area contributed by atoms with E-state index in [9.17, 15) is 4.79 Å². The van der Waals surface area contributed by atoms with E-state index >= 15 is 0 Å². The van der Waals surface area contributed by atoms with Crippen molar-refractivity contribution in [3.63, 3.8) is 0 Å². The van der Waals surface area contributed by atoms with Gasteiger partial charge in [0.25, 0.3) is 0 Å². The molecule has 1 aliphatic rings. The van der Waals surface area contributed by atoms with Crippen LogP contribution in [0.5, 0.6) is 0 Å². The highest BCUT2D eigenvalue weighted by molar-refractivity contribution is 5.94. The lowest BCUT2D eigenvalue weighted by atomic mass is 9.89. The van der Waals surface area contributed by atoms with Crippen molar-refractivity contribution in [1.29, 1.82) is 0 Å². The van der Waals surface area contributed by atoms with Crippen LogP contribution in [0.25, 0.3) is 0 Å². The van der Waals surface area contributed by atoms with E-state index in [4.69, 9.17) is 5.73 Å². The number of hydrogen-bond donors (Lipinski definition) is 2. The first-order valence-corrected chi connectivity index (χ1v) is 9.53. The van der Waals surface area contributed by atoms with Crippen LogP contribution >= 0.6 is 0 Å². The molecule has 2 aromatic rings. The summed E-state index contributed by atoms with van der Waals surface area (Å²) in [6, 6.07) is 18.3. The Morgan fingerprint density at radius 1 is 1.08 bits per heavy atom. The standard InChI is InChI=1S/C22H29N3O/c1-17(22(26)24-21-9-7-20(16-23)8-10-21)25-13-11-19(12-14-25)15-18-5-3-2-4-6-18/h2-10,17,19H,11-16,23H2,1H3,(H,24,26). The number of amides is 1. The largest absolute Gasteiger partial charge is 0.326 e. The Morgan fingerprint density at radius 3 is 2.35 bits per heavy atom. The molecule has 1 unspecified atom stereocenters. The molecule has 0 spiro atoms. The molecule has 0 radical (unpaired) electrons. The number of benzene rings is 2. The lowest BCUT2D eigenvalue weighted by Crippen LogP contribution is -2.46. The van der Waals surface area contributed by atoms with Crippen molar-refractivity contribution in [3.8, 4) is 0 Å². The van der Waals surface area contributed by atoms with Gasteiger partial charge in [0.2, 0.25) is 5.91 Å². The topological polar surface area (TPSA) is 58.4 Å². The second-order valence-corrected chi connectivity index (χ2v) is 7.24. The third-order valence-corrected chi connectivity index (χ3v) is 5.40. The van der Waals surface area contributed by atoms with Crippen molar-refractivity contribution < 1.29 is 4.79 Å². The Labute approximate surface area is 156 Å². The van der Waals surface area contributed by atoms with Crippen molar-refractivity contribution in [2.75, 3.05) is 18.4 Å². The minimum atomic E-state index is -0.109. The number of rotatable bonds is 6. The Bertz CT molecular complexity index is 691. The summed E-state index contributed by atoms with van der Waals surface area (Å²) in [5.74, 6) is 0.778. The summed E-state index contributed by atoms with van der Waals surface area (Å²) in [7, 11) is 0. The average Bonchev–Trinajstić information content (AvgIpc) is 2.69. The number of nitrogens with one attached hydrogen (secondary N) is 1. The van der Waals surface area contributed by atoms with Crippen molar-refractivity contribution in [2.45, 2.75) is 38.8 Å². The van der Waals surface area contributed by atoms with Crippen LogP contribution < -0.4 is 11.1 Å². The zero-order valence-electron chi connectivity index (χ0n) is 15.5. The summed E-state index contributed by atoms with van der Waals surface area (Å²) in [5.41, 5.74) is 8.92. The first kappa shape index (κ1) is 18.6. The van der Waals surface area contributed by atoms with Crippen molar-refractivity contribution in [2.24, 2.45) is 11.7 Å². The monoisotopic (exact) mass is 351 g/mol. The average molecular weight is 351 g/mol. The molecule has 1 atom stereocenters. The molecule has 26 heavy (non-hydrogen) atoms. The Morgan fingerprint density at radius 2 is 1.73 bits per heavy atom. The first-order valence-electron chi connectivity index (χ1n) is 9.53. The van der Waals surface area contributed by atoms with E-state index in [0.29, 0.717) is 12.5 Å². The summed E-state index contributed by atoms with van der Waals surface area (Å²) in [5, 5.41) is 3.02. The predicted molar refractivity (Wildman–Crippen MR) is 107 cm³/mol. The maximum absolute atomic E-state index is 12.6. The Balaban J connectivity index is 1.47. The van der Waals surface area contributed by atoms with Crippen LogP contribution in [0.1, 0.15) is 30.9 Å². The number of carbonyl (C=O) groups excluding carboxylic acids is 1. The lowest BCUT2D eigenvalue weighted by Gasteiger charge is -2.35. The fourth-order valence-corrected chi connectivity index (χ4v) is 3.63. The maximum Gasteiger partial charge on any atom is 0.241 e. The summed E-state index contributed by atoms with van der Waals surface area (Å²) >= 11 is 0. The molecule has 1 saturated heterocycles. The Kier molecular flexibility index (Phi) is 6.42. The van der Waals surface area contributed by atoms with E-state index in [1.807, 2.05) is 31.2 Å². The van der Waals surface area contributed by atoms with Crippen molar-refractivity contribution in [3.05, 3.63) is 65.7 Å². The van der Waals surface area contributed by atoms with Crippen LogP contribution in [0.3, 0.4) is 0 Å². The minimum absolute atomic E-state index is 0.0620. The molecule has 0 aromatic heterocycles. The molecule has 0 bridgehead atoms. The van der Waals surface area contributed by atoms with Gasteiger partial charge < -0.3 is 11.1 Å². The van der Waals surface area contributed by atoms with Gasteiger partial charge in [-0.05, 0) is 68.5 Å². The van der Waals surface area contributed by atoms with Gasteiger partial charge in [-0.15, -0.1) is 0 Å². The van der Waals surface area contributed by atoms with E-state index in [2.05, 4.69) is 40.5 Å². The van der Waals surface area contributed by atoms with Crippen molar-refractivity contribution >= 4 is 11.6 Å². The van der Waals surface area contributed by atoms with Gasteiger partial charge in [-0.25, -0.2) is 0 Å². The molecule has 1 fully saturated rings. The summed E-state index contributed by atoms with van der Waals surface area (Å²) in [4.78, 5) is 14.9. The van der Waals surface area contributed by atoms with Gasteiger partial charge in [0.05, 0.1) is 6.04 Å². The SMILES string of the molecule is CC(C(=O)Nc1ccc(CN)cc1)N1CCC(Cc2ccccc2)CC1. The van der Waals surface area contributed by atoms with E-state index in [1.54, 1.807) is 0 Å². The van der Waals surface area contributed by atoms with Crippen LogP contribution in [-0.4, -0.2) is 29.9 Å². The smallest absolute Gasteiger partial charge is 0.241 e. The highest BCUT2D eigenvalue weighted by Crippen LogP contribution is 2.23. The van der Waals surface area contributed by atoms with E-state index in [0.717, 1.165) is 43.6 Å². The molecule has 3 rings (SSSR count). The fraction of sp³-hybridized carbons (Fsp3) is 0.409. The normalized spacial score (nSPS) is 17.0. The fourth-order valence-electron chi connectivity index (χ4n) is 3.63. The molecule has 0 aliphatic carbocycles. The summed E-state index contributed by atoms with van der Waals surface area (Å²) < 4.78 is 0. The van der Waals surface area contributed by atoms with E-state index in [1.165, 1.54) is 5.56 Å². The second-order valence-electron chi connectivity index (χ2n) is 7.24. The van der Waals surface area contributed by atoms with Crippen LogP contribution in [-0.2, 0) is 17.8 Å². The molecular weight excluding hydrogens is 322 g/mol. The molecule has 1 amide bonds. The quantitative estimate of drug-likeness (QED) is 0.838. The van der Waals surface area contributed by atoms with E-state index in [-0.39, 0.29) is 11.9 Å². The van der Waals surface area contributed by atoms with Crippen LogP contribution in [0.15, 0.2) is 54.6 Å². The number of nitrogens with zero attached hydrogens (tertiary/aromatic N) is 1. The number of likely N-dealkylation sites (tertiary alicyclic amines) is 1. The van der Waals surface area contributed by atoms with Gasteiger partial charge in [-0.1, -0.05) is 42.5 Å². The molecule has 0 saturated carbocycles. The highest BCUT2D eigenvalue weighted by atomic mass is 16.2. The molecular formula is C22H29N3O. The highest BCUT2D eigenvalue weighted by Gasteiger charge is 2.26. The molecule has 4 heteroatoms. The van der Waals surface area contributed by atoms with Gasteiger partial charge in [-0.3, -0.25) is 9.69 Å². The number of hydrogen-bond acceptors (Lipinski definition) is 3.